The van der Waals surface area contributed by atoms with Crippen molar-refractivity contribution in [3.63, 3.8) is 0 Å². The second-order valence-corrected chi connectivity index (χ2v) is 3.32. The summed E-state index contributed by atoms with van der Waals surface area (Å²) in [7, 11) is 0. The molecule has 0 aliphatic carbocycles. The quantitative estimate of drug-likeness (QED) is 0.625. The zero-order valence-electron chi connectivity index (χ0n) is 7.15. The maximum absolute atomic E-state index is 10.5. The van der Waals surface area contributed by atoms with Crippen molar-refractivity contribution < 1.29 is 4.79 Å². The van der Waals surface area contributed by atoms with Crippen LogP contribution in [0.3, 0.4) is 0 Å². The standard InChI is InChI=1S/C9H8N2OS/c1-8(12)13-6-2-3-9-7-10-4-5-11-9/h4-5,7H,6H2,1H3. The fourth-order valence-corrected chi connectivity index (χ4v) is 0.976. The van der Waals surface area contributed by atoms with Gasteiger partial charge in [-0.2, -0.15) is 0 Å². The van der Waals surface area contributed by atoms with Gasteiger partial charge in [0.1, 0.15) is 5.69 Å². The Labute approximate surface area is 81.0 Å². The predicted octanol–water partition coefficient (Wildman–Crippen LogP) is 1.11. The molecule has 1 aromatic heterocycles. The highest BCUT2D eigenvalue weighted by Gasteiger charge is 1.89. The first-order valence-electron chi connectivity index (χ1n) is 3.67. The molecule has 0 amide bonds. The fraction of sp³-hybridized carbons (Fsp3) is 0.222. The lowest BCUT2D eigenvalue weighted by Crippen LogP contribution is -1.84. The van der Waals surface area contributed by atoms with Crippen molar-refractivity contribution >= 4 is 16.9 Å². The zero-order valence-corrected chi connectivity index (χ0v) is 7.97. The first-order valence-corrected chi connectivity index (χ1v) is 4.66. The number of carbonyl (C=O) groups is 1. The van der Waals surface area contributed by atoms with E-state index in [2.05, 4.69) is 21.8 Å². The highest BCUT2D eigenvalue weighted by atomic mass is 32.2. The van der Waals surface area contributed by atoms with Crippen LogP contribution in [0.15, 0.2) is 18.6 Å². The molecule has 0 spiro atoms. The van der Waals surface area contributed by atoms with E-state index in [4.69, 9.17) is 0 Å². The van der Waals surface area contributed by atoms with Gasteiger partial charge in [0, 0.05) is 19.3 Å². The van der Waals surface area contributed by atoms with Crippen LogP contribution in [-0.2, 0) is 4.79 Å². The summed E-state index contributed by atoms with van der Waals surface area (Å²) in [4.78, 5) is 18.3. The van der Waals surface area contributed by atoms with E-state index in [9.17, 15) is 4.79 Å². The SMILES string of the molecule is CC(=O)SCC#Cc1cnccn1. The Morgan fingerprint density at radius 2 is 2.46 bits per heavy atom. The molecule has 0 aliphatic rings. The fourth-order valence-electron chi connectivity index (χ4n) is 0.628. The summed E-state index contributed by atoms with van der Waals surface area (Å²) in [6.45, 7) is 1.52. The van der Waals surface area contributed by atoms with Crippen LogP contribution in [0.2, 0.25) is 0 Å². The van der Waals surface area contributed by atoms with Crippen molar-refractivity contribution in [1.82, 2.24) is 9.97 Å². The highest BCUT2D eigenvalue weighted by Crippen LogP contribution is 1.98. The average molecular weight is 192 g/mol. The van der Waals surface area contributed by atoms with Crippen molar-refractivity contribution in [1.29, 1.82) is 0 Å². The molecule has 1 aromatic rings. The van der Waals surface area contributed by atoms with Gasteiger partial charge in [-0.15, -0.1) is 0 Å². The Balaban J connectivity index is 2.44. The van der Waals surface area contributed by atoms with E-state index in [1.165, 1.54) is 18.7 Å². The Bertz CT molecular complexity index is 340. The highest BCUT2D eigenvalue weighted by molar-refractivity contribution is 8.13. The minimum absolute atomic E-state index is 0.0773. The van der Waals surface area contributed by atoms with Gasteiger partial charge in [-0.05, 0) is 5.92 Å². The monoisotopic (exact) mass is 192 g/mol. The molecule has 0 unspecified atom stereocenters. The minimum Gasteiger partial charge on any atom is -0.288 e. The van der Waals surface area contributed by atoms with Crippen molar-refractivity contribution in [2.45, 2.75) is 6.92 Å². The predicted molar refractivity (Wildman–Crippen MR) is 52.0 cm³/mol. The third kappa shape index (κ3) is 4.28. The van der Waals surface area contributed by atoms with Crippen LogP contribution in [0.1, 0.15) is 12.6 Å². The molecule has 13 heavy (non-hydrogen) atoms. The van der Waals surface area contributed by atoms with Crippen LogP contribution in [-0.4, -0.2) is 20.8 Å². The molecule has 0 bridgehead atoms. The number of hydrogen-bond donors (Lipinski definition) is 0. The molecular formula is C9H8N2OS. The van der Waals surface area contributed by atoms with Crippen LogP contribution in [0.25, 0.3) is 0 Å². The van der Waals surface area contributed by atoms with E-state index in [0.717, 1.165) is 0 Å². The summed E-state index contributed by atoms with van der Waals surface area (Å²) < 4.78 is 0. The summed E-state index contributed by atoms with van der Waals surface area (Å²) in [6.07, 6.45) is 4.77. The third-order valence-electron chi connectivity index (χ3n) is 1.13. The van der Waals surface area contributed by atoms with Gasteiger partial charge in [-0.1, -0.05) is 17.7 Å². The Kier molecular flexibility index (Phi) is 4.00. The second kappa shape index (κ2) is 5.33. The summed E-state index contributed by atoms with van der Waals surface area (Å²) in [6, 6.07) is 0. The summed E-state index contributed by atoms with van der Waals surface area (Å²) >= 11 is 1.19. The average Bonchev–Trinajstić information content (AvgIpc) is 2.14. The van der Waals surface area contributed by atoms with Gasteiger partial charge in [0.15, 0.2) is 5.12 Å². The van der Waals surface area contributed by atoms with E-state index in [1.54, 1.807) is 18.6 Å². The second-order valence-electron chi connectivity index (χ2n) is 2.17. The van der Waals surface area contributed by atoms with Gasteiger partial charge in [0.2, 0.25) is 0 Å². The molecule has 1 heterocycles. The van der Waals surface area contributed by atoms with Gasteiger partial charge < -0.3 is 0 Å². The molecule has 4 heteroatoms. The van der Waals surface area contributed by atoms with Crippen molar-refractivity contribution in [3.8, 4) is 11.8 Å². The minimum atomic E-state index is 0.0773. The molecule has 0 aliphatic heterocycles. The number of aromatic nitrogens is 2. The molecule has 0 atom stereocenters. The number of carbonyl (C=O) groups excluding carboxylic acids is 1. The summed E-state index contributed by atoms with van der Waals surface area (Å²) in [5.74, 6) is 6.13. The van der Waals surface area contributed by atoms with Crippen LogP contribution >= 0.6 is 11.8 Å². The maximum Gasteiger partial charge on any atom is 0.186 e. The molecule has 0 N–H and O–H groups in total. The van der Waals surface area contributed by atoms with Crippen molar-refractivity contribution in [2.75, 3.05) is 5.75 Å². The van der Waals surface area contributed by atoms with Gasteiger partial charge in [-0.25, -0.2) is 4.98 Å². The van der Waals surface area contributed by atoms with Crippen molar-refractivity contribution in [2.24, 2.45) is 0 Å². The lowest BCUT2D eigenvalue weighted by Gasteiger charge is -1.86. The smallest absolute Gasteiger partial charge is 0.186 e. The Morgan fingerprint density at radius 1 is 1.62 bits per heavy atom. The number of hydrogen-bond acceptors (Lipinski definition) is 4. The summed E-state index contributed by atoms with van der Waals surface area (Å²) in [5, 5.41) is 0.0773. The lowest BCUT2D eigenvalue weighted by molar-refractivity contribution is -0.109. The van der Waals surface area contributed by atoms with Crippen LogP contribution in [0, 0.1) is 11.8 Å². The number of rotatable bonds is 1. The van der Waals surface area contributed by atoms with Gasteiger partial charge >= 0.3 is 0 Å². The Hall–Kier alpha value is -1.34. The molecular weight excluding hydrogens is 184 g/mol. The zero-order chi connectivity index (χ0) is 9.52. The molecule has 0 aromatic carbocycles. The van der Waals surface area contributed by atoms with E-state index in [0.29, 0.717) is 11.4 Å². The van der Waals surface area contributed by atoms with Gasteiger partial charge in [-0.3, -0.25) is 9.78 Å². The first-order chi connectivity index (χ1) is 6.29. The first kappa shape index (κ1) is 9.75. The summed E-state index contributed by atoms with van der Waals surface area (Å²) in [5.41, 5.74) is 0.631. The molecule has 66 valence electrons. The van der Waals surface area contributed by atoms with Gasteiger partial charge in [0.25, 0.3) is 0 Å². The molecule has 0 radical (unpaired) electrons. The molecule has 3 nitrogen and oxygen atoms in total. The van der Waals surface area contributed by atoms with E-state index in [-0.39, 0.29) is 5.12 Å². The Morgan fingerprint density at radius 3 is 3.08 bits per heavy atom. The molecule has 0 fully saturated rings. The lowest BCUT2D eigenvalue weighted by atomic mass is 10.4. The van der Waals surface area contributed by atoms with E-state index < -0.39 is 0 Å². The molecule has 1 rings (SSSR count). The third-order valence-corrected chi connectivity index (χ3v) is 1.82. The molecule has 0 saturated carbocycles. The van der Waals surface area contributed by atoms with E-state index in [1.807, 2.05) is 0 Å². The normalized spacial score (nSPS) is 8.69. The van der Waals surface area contributed by atoms with Crippen LogP contribution in [0.4, 0.5) is 0 Å². The van der Waals surface area contributed by atoms with Crippen molar-refractivity contribution in [3.05, 3.63) is 24.3 Å². The van der Waals surface area contributed by atoms with E-state index >= 15 is 0 Å². The van der Waals surface area contributed by atoms with Gasteiger partial charge in [0.05, 0.1) is 11.9 Å². The number of nitrogens with zero attached hydrogens (tertiary/aromatic N) is 2. The largest absolute Gasteiger partial charge is 0.288 e. The number of thioether (sulfide) groups is 1. The topological polar surface area (TPSA) is 42.9 Å². The maximum atomic E-state index is 10.5. The van der Waals surface area contributed by atoms with Crippen LogP contribution in [0.5, 0.6) is 0 Å². The van der Waals surface area contributed by atoms with Crippen LogP contribution < -0.4 is 0 Å². The molecule has 0 saturated heterocycles.